The van der Waals surface area contributed by atoms with Crippen molar-refractivity contribution in [2.75, 3.05) is 26.2 Å². The largest absolute Gasteiger partial charge is 0.507 e. The zero-order valence-electron chi connectivity index (χ0n) is 8.42. The number of nitrogens with one attached hydrogen (secondary N) is 1. The minimum absolute atomic E-state index is 0.464. The summed E-state index contributed by atoms with van der Waals surface area (Å²) in [5, 5.41) is 12.9. The van der Waals surface area contributed by atoms with E-state index in [-0.39, 0.29) is 0 Å². The van der Waals surface area contributed by atoms with Gasteiger partial charge in [-0.05, 0) is 13.0 Å². The number of aryl methyl sites for hydroxylation is 1. The van der Waals surface area contributed by atoms with Gasteiger partial charge in [-0.15, -0.1) is 11.3 Å². The van der Waals surface area contributed by atoms with Gasteiger partial charge >= 0.3 is 0 Å². The molecule has 2 rings (SSSR count). The van der Waals surface area contributed by atoms with E-state index in [4.69, 9.17) is 0 Å². The molecular formula is C10H16N2OS. The van der Waals surface area contributed by atoms with Gasteiger partial charge in [0.05, 0.1) is 4.88 Å². The normalized spacial score (nSPS) is 18.6. The van der Waals surface area contributed by atoms with Crippen LogP contribution in [0.5, 0.6) is 5.75 Å². The second-order valence-corrected chi connectivity index (χ2v) is 5.03. The second-order valence-electron chi connectivity index (χ2n) is 3.69. The Hall–Kier alpha value is -0.580. The highest BCUT2D eigenvalue weighted by Gasteiger charge is 2.13. The van der Waals surface area contributed by atoms with Gasteiger partial charge in [0, 0.05) is 37.6 Å². The molecule has 0 atom stereocenters. The fourth-order valence-corrected chi connectivity index (χ4v) is 2.70. The van der Waals surface area contributed by atoms with E-state index in [1.54, 1.807) is 11.3 Å². The van der Waals surface area contributed by atoms with E-state index < -0.39 is 0 Å². The molecule has 14 heavy (non-hydrogen) atoms. The van der Waals surface area contributed by atoms with Crippen LogP contribution in [0.2, 0.25) is 0 Å². The molecular weight excluding hydrogens is 196 g/mol. The minimum atomic E-state index is 0.464. The summed E-state index contributed by atoms with van der Waals surface area (Å²) in [6, 6.07) is 1.85. The molecule has 0 saturated carbocycles. The lowest BCUT2D eigenvalue weighted by molar-refractivity contribution is 0.233. The predicted octanol–water partition coefficient (Wildman–Crippen LogP) is 1.17. The Morgan fingerprint density at radius 1 is 1.50 bits per heavy atom. The SMILES string of the molecule is Cc1cc(O)c(CN2CCNCC2)s1. The number of aromatic hydroxyl groups is 1. The van der Waals surface area contributed by atoms with Gasteiger partial charge in [0.2, 0.25) is 0 Å². The third-order valence-corrected chi connectivity index (χ3v) is 3.51. The summed E-state index contributed by atoms with van der Waals surface area (Å²) in [7, 11) is 0. The summed E-state index contributed by atoms with van der Waals surface area (Å²) >= 11 is 1.70. The Bertz CT molecular complexity index is 305. The third-order valence-electron chi connectivity index (χ3n) is 2.49. The summed E-state index contributed by atoms with van der Waals surface area (Å²) in [6.45, 7) is 7.21. The molecule has 2 heterocycles. The van der Waals surface area contributed by atoms with Crippen molar-refractivity contribution in [3.05, 3.63) is 15.8 Å². The Kier molecular flexibility index (Phi) is 3.05. The van der Waals surface area contributed by atoms with Gasteiger partial charge < -0.3 is 10.4 Å². The second kappa shape index (κ2) is 4.29. The molecule has 0 aliphatic carbocycles. The smallest absolute Gasteiger partial charge is 0.131 e. The van der Waals surface area contributed by atoms with Crippen LogP contribution in [0.15, 0.2) is 6.07 Å². The molecule has 1 aliphatic heterocycles. The van der Waals surface area contributed by atoms with Crippen molar-refractivity contribution in [2.24, 2.45) is 0 Å². The Morgan fingerprint density at radius 2 is 2.21 bits per heavy atom. The van der Waals surface area contributed by atoms with Gasteiger partial charge in [-0.1, -0.05) is 0 Å². The molecule has 0 unspecified atom stereocenters. The van der Waals surface area contributed by atoms with E-state index in [1.165, 1.54) is 4.88 Å². The third kappa shape index (κ3) is 2.26. The van der Waals surface area contributed by atoms with Gasteiger partial charge in [0.25, 0.3) is 0 Å². The Morgan fingerprint density at radius 3 is 2.79 bits per heavy atom. The van der Waals surface area contributed by atoms with Gasteiger partial charge in [0.1, 0.15) is 5.75 Å². The molecule has 0 radical (unpaired) electrons. The van der Waals surface area contributed by atoms with E-state index in [0.717, 1.165) is 37.6 Å². The van der Waals surface area contributed by atoms with Crippen LogP contribution >= 0.6 is 11.3 Å². The molecule has 0 aromatic carbocycles. The lowest BCUT2D eigenvalue weighted by Gasteiger charge is -2.26. The van der Waals surface area contributed by atoms with Crippen LogP contribution in [0.4, 0.5) is 0 Å². The molecule has 0 amide bonds. The van der Waals surface area contributed by atoms with Crippen molar-refractivity contribution in [2.45, 2.75) is 13.5 Å². The van der Waals surface area contributed by atoms with Gasteiger partial charge in [-0.3, -0.25) is 4.90 Å². The molecule has 1 aromatic rings. The highest BCUT2D eigenvalue weighted by atomic mass is 32.1. The number of hydrogen-bond donors (Lipinski definition) is 2. The van der Waals surface area contributed by atoms with E-state index >= 15 is 0 Å². The topological polar surface area (TPSA) is 35.5 Å². The quantitative estimate of drug-likeness (QED) is 0.772. The van der Waals surface area contributed by atoms with E-state index in [1.807, 2.05) is 13.0 Å². The lowest BCUT2D eigenvalue weighted by atomic mass is 10.3. The van der Waals surface area contributed by atoms with Crippen LogP contribution in [0.3, 0.4) is 0 Å². The monoisotopic (exact) mass is 212 g/mol. The number of nitrogens with zero attached hydrogens (tertiary/aromatic N) is 1. The summed E-state index contributed by atoms with van der Waals surface area (Å²) in [5.41, 5.74) is 0. The number of rotatable bonds is 2. The first-order valence-corrected chi connectivity index (χ1v) is 5.79. The van der Waals surface area contributed by atoms with Crippen LogP contribution in [0.25, 0.3) is 0 Å². The van der Waals surface area contributed by atoms with E-state index in [0.29, 0.717) is 5.75 Å². The van der Waals surface area contributed by atoms with E-state index in [2.05, 4.69) is 10.2 Å². The van der Waals surface area contributed by atoms with Crippen molar-refractivity contribution in [3.8, 4) is 5.75 Å². The fraction of sp³-hybridized carbons (Fsp3) is 0.600. The first kappa shape index (κ1) is 9.96. The maximum absolute atomic E-state index is 9.63. The standard InChI is InChI=1S/C10H16N2OS/c1-8-6-9(13)10(14-8)7-12-4-2-11-3-5-12/h6,11,13H,2-5,7H2,1H3. The molecule has 1 saturated heterocycles. The summed E-state index contributed by atoms with van der Waals surface area (Å²) in [6.07, 6.45) is 0. The van der Waals surface area contributed by atoms with Gasteiger partial charge in [-0.25, -0.2) is 0 Å². The van der Waals surface area contributed by atoms with Crippen molar-refractivity contribution < 1.29 is 5.11 Å². The maximum Gasteiger partial charge on any atom is 0.131 e. The zero-order valence-corrected chi connectivity index (χ0v) is 9.23. The molecule has 1 fully saturated rings. The van der Waals surface area contributed by atoms with Gasteiger partial charge in [0.15, 0.2) is 0 Å². The van der Waals surface area contributed by atoms with Crippen LogP contribution in [-0.4, -0.2) is 36.2 Å². The molecule has 4 heteroatoms. The maximum atomic E-state index is 9.63. The highest BCUT2D eigenvalue weighted by molar-refractivity contribution is 7.12. The highest BCUT2D eigenvalue weighted by Crippen LogP contribution is 2.28. The number of thiophene rings is 1. The Balaban J connectivity index is 1.98. The molecule has 2 N–H and O–H groups in total. The van der Waals surface area contributed by atoms with Gasteiger partial charge in [-0.2, -0.15) is 0 Å². The summed E-state index contributed by atoms with van der Waals surface area (Å²) in [4.78, 5) is 4.67. The number of hydrogen-bond acceptors (Lipinski definition) is 4. The molecule has 0 spiro atoms. The van der Waals surface area contributed by atoms with Crippen molar-refractivity contribution in [1.29, 1.82) is 0 Å². The molecule has 78 valence electrons. The van der Waals surface area contributed by atoms with E-state index in [9.17, 15) is 5.11 Å². The lowest BCUT2D eigenvalue weighted by Crippen LogP contribution is -2.42. The fourth-order valence-electron chi connectivity index (χ4n) is 1.73. The van der Waals surface area contributed by atoms with Crippen LogP contribution in [-0.2, 0) is 6.54 Å². The Labute approximate surface area is 88.4 Å². The average Bonchev–Trinajstić information content (AvgIpc) is 2.47. The molecule has 3 nitrogen and oxygen atoms in total. The first-order valence-electron chi connectivity index (χ1n) is 4.97. The zero-order chi connectivity index (χ0) is 9.97. The first-order chi connectivity index (χ1) is 6.75. The van der Waals surface area contributed by atoms with Crippen LogP contribution in [0, 0.1) is 6.92 Å². The summed E-state index contributed by atoms with van der Waals surface area (Å²) in [5.74, 6) is 0.464. The van der Waals surface area contributed by atoms with Crippen LogP contribution in [0.1, 0.15) is 9.75 Å². The molecule has 1 aromatic heterocycles. The average molecular weight is 212 g/mol. The predicted molar refractivity (Wildman–Crippen MR) is 58.9 cm³/mol. The van der Waals surface area contributed by atoms with Crippen molar-refractivity contribution >= 4 is 11.3 Å². The summed E-state index contributed by atoms with van der Waals surface area (Å²) < 4.78 is 0. The van der Waals surface area contributed by atoms with Crippen molar-refractivity contribution in [3.63, 3.8) is 0 Å². The molecule has 1 aliphatic rings. The number of piperazine rings is 1. The minimum Gasteiger partial charge on any atom is -0.507 e. The van der Waals surface area contributed by atoms with Crippen LogP contribution < -0.4 is 5.32 Å². The van der Waals surface area contributed by atoms with Crippen molar-refractivity contribution in [1.82, 2.24) is 10.2 Å². The molecule has 0 bridgehead atoms.